The number of nitrogens with one attached hydrogen (secondary N) is 1. The molecule has 1 amide bonds. The number of hydrogen-bond acceptors (Lipinski definition) is 3. The number of fused-ring (bicyclic) bond motifs is 1. The Labute approximate surface area is 201 Å². The van der Waals surface area contributed by atoms with Gasteiger partial charge >= 0.3 is 0 Å². The molecule has 0 radical (unpaired) electrons. The van der Waals surface area contributed by atoms with Crippen LogP contribution in [0.1, 0.15) is 62.8 Å². The molecule has 2 aromatic carbocycles. The number of aryl methyl sites for hydroxylation is 1. The second-order valence-electron chi connectivity index (χ2n) is 9.73. The van der Waals surface area contributed by atoms with Crippen molar-refractivity contribution in [1.29, 1.82) is 0 Å². The second kappa shape index (κ2) is 11.6. The molecule has 0 fully saturated rings. The zero-order valence-electron chi connectivity index (χ0n) is 20.9. The Bertz CT molecular complexity index is 1120. The molecule has 34 heavy (non-hydrogen) atoms. The van der Waals surface area contributed by atoms with Crippen molar-refractivity contribution in [2.75, 3.05) is 13.1 Å². The molecule has 0 unspecified atom stereocenters. The van der Waals surface area contributed by atoms with Gasteiger partial charge in [-0.05, 0) is 60.7 Å². The number of amides is 1. The molecule has 1 aromatic heterocycles. The van der Waals surface area contributed by atoms with Gasteiger partial charge in [0.2, 0.25) is 0 Å². The third-order valence-corrected chi connectivity index (χ3v) is 5.58. The molecule has 0 spiro atoms. The third kappa shape index (κ3) is 6.41. The van der Waals surface area contributed by atoms with Crippen LogP contribution < -0.4 is 5.32 Å². The number of benzene rings is 2. The maximum absolute atomic E-state index is 14.4. The minimum atomic E-state index is -0.722. The predicted octanol–water partition coefficient (Wildman–Crippen LogP) is 5.77. The summed E-state index contributed by atoms with van der Waals surface area (Å²) in [5.74, 6) is -0.407. The minimum absolute atomic E-state index is 0.156. The molecule has 5 nitrogen and oxygen atoms in total. The van der Waals surface area contributed by atoms with Crippen molar-refractivity contribution in [1.82, 2.24) is 19.8 Å². The van der Waals surface area contributed by atoms with E-state index < -0.39 is 17.5 Å². The largest absolute Gasteiger partial charge is 0.331 e. The van der Waals surface area contributed by atoms with Gasteiger partial charge < -0.3 is 14.8 Å². The topological polar surface area (TPSA) is 50.2 Å². The van der Waals surface area contributed by atoms with Crippen molar-refractivity contribution in [2.45, 2.75) is 60.7 Å². The van der Waals surface area contributed by atoms with Crippen molar-refractivity contribution < 1.29 is 13.6 Å². The quantitative estimate of drug-likeness (QED) is 0.387. The van der Waals surface area contributed by atoms with Crippen LogP contribution in [0.5, 0.6) is 0 Å². The van der Waals surface area contributed by atoms with E-state index in [9.17, 15) is 13.6 Å². The third-order valence-electron chi connectivity index (χ3n) is 5.58. The van der Waals surface area contributed by atoms with E-state index in [0.717, 1.165) is 66.7 Å². The normalized spacial score (nSPS) is 11.7. The van der Waals surface area contributed by atoms with Gasteiger partial charge in [-0.3, -0.25) is 4.79 Å². The Hall–Kier alpha value is -2.80. The maximum Gasteiger partial charge on any atom is 0.257 e. The smallest absolute Gasteiger partial charge is 0.257 e. The zero-order valence-corrected chi connectivity index (χ0v) is 20.9. The van der Waals surface area contributed by atoms with Gasteiger partial charge in [-0.15, -0.1) is 0 Å². The van der Waals surface area contributed by atoms with E-state index in [-0.39, 0.29) is 18.0 Å². The number of aromatic nitrogens is 2. The number of carbonyl (C=O) groups is 1. The first-order chi connectivity index (χ1) is 16.2. The minimum Gasteiger partial charge on any atom is -0.331 e. The monoisotopic (exact) mass is 470 g/mol. The lowest BCUT2D eigenvalue weighted by Crippen LogP contribution is -2.35. The number of rotatable bonds is 11. The summed E-state index contributed by atoms with van der Waals surface area (Å²) in [6.45, 7) is 13.5. The van der Waals surface area contributed by atoms with E-state index in [1.54, 1.807) is 4.90 Å². The van der Waals surface area contributed by atoms with Crippen molar-refractivity contribution in [3.8, 4) is 0 Å². The Morgan fingerprint density at radius 2 is 1.85 bits per heavy atom. The number of imidazole rings is 1. The van der Waals surface area contributed by atoms with Gasteiger partial charge in [-0.2, -0.15) is 0 Å². The van der Waals surface area contributed by atoms with Crippen molar-refractivity contribution >= 4 is 16.9 Å². The van der Waals surface area contributed by atoms with Gasteiger partial charge in [0.15, 0.2) is 0 Å². The first-order valence-electron chi connectivity index (χ1n) is 12.1. The fourth-order valence-electron chi connectivity index (χ4n) is 4.10. The standard InChI is InChI=1S/C27H36F2N4O/c1-6-11-33-25-10-7-20(15-30-14-18(2)3)12-24(25)31-26(33)17-32(16-19(4)5)27(34)22-13-21(28)8-9-23(22)29/h7-10,12-13,18-19,30H,6,11,14-17H2,1-5H3. The maximum atomic E-state index is 14.4. The highest BCUT2D eigenvalue weighted by Gasteiger charge is 2.23. The molecular weight excluding hydrogens is 434 g/mol. The molecule has 1 N–H and O–H groups in total. The van der Waals surface area contributed by atoms with Crippen molar-refractivity contribution in [2.24, 2.45) is 11.8 Å². The van der Waals surface area contributed by atoms with Gasteiger partial charge in [0.25, 0.3) is 5.91 Å². The SMILES string of the molecule is CCCn1c(CN(CC(C)C)C(=O)c2cc(F)ccc2F)nc2cc(CNCC(C)C)ccc21. The van der Waals surface area contributed by atoms with Crippen LogP contribution in [-0.2, 0) is 19.6 Å². The number of hydrogen-bond donors (Lipinski definition) is 1. The Morgan fingerprint density at radius 3 is 2.53 bits per heavy atom. The van der Waals surface area contributed by atoms with Gasteiger partial charge in [0.05, 0.1) is 23.1 Å². The zero-order chi connectivity index (χ0) is 24.8. The van der Waals surface area contributed by atoms with Crippen molar-refractivity contribution in [3.05, 3.63) is 65.0 Å². The van der Waals surface area contributed by atoms with Gasteiger partial charge in [-0.25, -0.2) is 13.8 Å². The molecule has 0 aliphatic heterocycles. The van der Waals surface area contributed by atoms with E-state index in [0.29, 0.717) is 12.5 Å². The summed E-state index contributed by atoms with van der Waals surface area (Å²) >= 11 is 0. The van der Waals surface area contributed by atoms with Gasteiger partial charge in [-0.1, -0.05) is 40.7 Å². The number of carbonyl (C=O) groups excluding carboxylic acids is 1. The van der Waals surface area contributed by atoms with E-state index >= 15 is 0 Å². The molecule has 0 saturated heterocycles. The Kier molecular flexibility index (Phi) is 8.78. The molecule has 0 aliphatic rings. The van der Waals surface area contributed by atoms with E-state index in [1.165, 1.54) is 0 Å². The van der Waals surface area contributed by atoms with Crippen LogP contribution in [-0.4, -0.2) is 33.4 Å². The van der Waals surface area contributed by atoms with Crippen LogP contribution in [0.4, 0.5) is 8.78 Å². The van der Waals surface area contributed by atoms with Gasteiger partial charge in [0.1, 0.15) is 17.5 Å². The molecule has 0 aliphatic carbocycles. The van der Waals surface area contributed by atoms with Crippen LogP contribution in [0, 0.1) is 23.5 Å². The molecule has 184 valence electrons. The molecule has 0 atom stereocenters. The summed E-state index contributed by atoms with van der Waals surface area (Å²) in [7, 11) is 0. The summed E-state index contributed by atoms with van der Waals surface area (Å²) < 4.78 is 30.3. The molecule has 7 heteroatoms. The summed E-state index contributed by atoms with van der Waals surface area (Å²) in [4.78, 5) is 19.7. The van der Waals surface area contributed by atoms with Crippen LogP contribution in [0.25, 0.3) is 11.0 Å². The fourth-order valence-corrected chi connectivity index (χ4v) is 4.10. The fraction of sp³-hybridized carbons (Fsp3) is 0.481. The Morgan fingerprint density at radius 1 is 1.09 bits per heavy atom. The van der Waals surface area contributed by atoms with Gasteiger partial charge in [0, 0.05) is 19.6 Å². The second-order valence-corrected chi connectivity index (χ2v) is 9.73. The first kappa shape index (κ1) is 25.8. The highest BCUT2D eigenvalue weighted by Crippen LogP contribution is 2.22. The highest BCUT2D eigenvalue weighted by molar-refractivity contribution is 5.94. The Balaban J connectivity index is 1.94. The lowest BCUT2D eigenvalue weighted by molar-refractivity contribution is 0.0711. The molecule has 3 aromatic rings. The molecular formula is C27H36F2N4O. The molecule has 1 heterocycles. The average Bonchev–Trinajstić information content (AvgIpc) is 3.10. The van der Waals surface area contributed by atoms with Crippen LogP contribution in [0.15, 0.2) is 36.4 Å². The molecule has 3 rings (SSSR count). The summed E-state index contributed by atoms with van der Waals surface area (Å²) in [6, 6.07) is 9.25. The number of nitrogens with zero attached hydrogens (tertiary/aromatic N) is 3. The lowest BCUT2D eigenvalue weighted by atomic mass is 10.1. The van der Waals surface area contributed by atoms with Crippen molar-refractivity contribution in [3.63, 3.8) is 0 Å². The highest BCUT2D eigenvalue weighted by atomic mass is 19.1. The molecule has 0 saturated carbocycles. The number of halogens is 2. The van der Waals surface area contributed by atoms with Crippen LogP contribution >= 0.6 is 0 Å². The lowest BCUT2D eigenvalue weighted by Gasteiger charge is -2.25. The predicted molar refractivity (Wildman–Crippen MR) is 133 cm³/mol. The summed E-state index contributed by atoms with van der Waals surface area (Å²) in [5.41, 5.74) is 2.79. The van der Waals surface area contributed by atoms with E-state index in [4.69, 9.17) is 4.98 Å². The van der Waals surface area contributed by atoms with E-state index in [2.05, 4.69) is 48.9 Å². The average molecular weight is 471 g/mol. The molecule has 0 bridgehead atoms. The summed E-state index contributed by atoms with van der Waals surface area (Å²) in [5, 5.41) is 3.46. The van der Waals surface area contributed by atoms with Crippen LogP contribution in [0.3, 0.4) is 0 Å². The van der Waals surface area contributed by atoms with E-state index in [1.807, 2.05) is 13.8 Å². The first-order valence-corrected chi connectivity index (χ1v) is 12.1. The summed E-state index contributed by atoms with van der Waals surface area (Å²) in [6.07, 6.45) is 0.910. The van der Waals surface area contributed by atoms with Crippen LogP contribution in [0.2, 0.25) is 0 Å².